The van der Waals surface area contributed by atoms with E-state index in [1.54, 1.807) is 10.9 Å². The maximum Gasteiger partial charge on any atom is 0.267 e. The largest absolute Gasteiger partial charge is 0.489 e. The number of rotatable bonds is 8. The number of nitrogens with one attached hydrogen (secondary N) is 2. The molecule has 1 aliphatic rings. The number of amides is 2. The number of aryl methyl sites for hydroxylation is 1. The number of carbonyl (C=O) groups is 2. The molecule has 0 aliphatic carbocycles. The first-order valence-corrected chi connectivity index (χ1v) is 9.89. The van der Waals surface area contributed by atoms with Crippen molar-refractivity contribution < 1.29 is 14.3 Å². The highest BCUT2D eigenvalue weighted by Gasteiger charge is 2.24. The van der Waals surface area contributed by atoms with Gasteiger partial charge in [0, 0.05) is 43.5 Å². The second-order valence-corrected chi connectivity index (χ2v) is 7.32. The van der Waals surface area contributed by atoms with Crippen molar-refractivity contribution in [3.63, 3.8) is 0 Å². The number of aromatic nitrogens is 4. The van der Waals surface area contributed by atoms with Gasteiger partial charge >= 0.3 is 0 Å². The lowest BCUT2D eigenvalue weighted by Gasteiger charge is -2.12. The van der Waals surface area contributed by atoms with E-state index >= 15 is 0 Å². The SMILES string of the molecule is Cn1cc(COc2ccc(-c3nc(NCC4CCNC4=O)cc(C(N)=O)n3)cc2)cn1. The van der Waals surface area contributed by atoms with Crippen molar-refractivity contribution in [2.75, 3.05) is 18.4 Å². The van der Waals surface area contributed by atoms with Crippen LogP contribution in [0.25, 0.3) is 11.4 Å². The van der Waals surface area contributed by atoms with Gasteiger partial charge in [-0.25, -0.2) is 9.97 Å². The predicted molar refractivity (Wildman–Crippen MR) is 113 cm³/mol. The molecule has 1 aromatic carbocycles. The summed E-state index contributed by atoms with van der Waals surface area (Å²) in [5.74, 6) is 0.709. The van der Waals surface area contributed by atoms with E-state index in [2.05, 4.69) is 25.7 Å². The summed E-state index contributed by atoms with van der Waals surface area (Å²) >= 11 is 0. The first kappa shape index (κ1) is 20.3. The molecular formula is C21H23N7O3. The number of ether oxygens (including phenoxy) is 1. The highest BCUT2D eigenvalue weighted by molar-refractivity contribution is 5.92. The first-order valence-electron chi connectivity index (χ1n) is 9.89. The molecule has 10 nitrogen and oxygen atoms in total. The molecule has 1 unspecified atom stereocenters. The Morgan fingerprint density at radius 1 is 1.32 bits per heavy atom. The van der Waals surface area contributed by atoms with Gasteiger partial charge in [0.15, 0.2) is 5.82 Å². The van der Waals surface area contributed by atoms with Crippen LogP contribution in [0.2, 0.25) is 0 Å². The van der Waals surface area contributed by atoms with E-state index in [1.807, 2.05) is 37.5 Å². The number of nitrogens with two attached hydrogens (primary N) is 1. The highest BCUT2D eigenvalue weighted by Crippen LogP contribution is 2.22. The van der Waals surface area contributed by atoms with Crippen LogP contribution >= 0.6 is 0 Å². The van der Waals surface area contributed by atoms with Crippen molar-refractivity contribution in [3.05, 3.63) is 54.0 Å². The molecule has 2 aromatic heterocycles. The van der Waals surface area contributed by atoms with Crippen molar-refractivity contribution in [2.24, 2.45) is 18.7 Å². The summed E-state index contributed by atoms with van der Waals surface area (Å²) in [6.07, 6.45) is 4.40. The lowest BCUT2D eigenvalue weighted by molar-refractivity contribution is -0.122. The van der Waals surface area contributed by atoms with Crippen LogP contribution in [0.15, 0.2) is 42.7 Å². The molecule has 2 amide bonds. The molecule has 1 atom stereocenters. The standard InChI is InChI=1S/C21H23N7O3/c1-28-11-13(9-25-28)12-31-16-4-2-14(3-5-16)20-26-17(19(22)29)8-18(27-20)24-10-15-6-7-23-21(15)30/h2-5,8-9,11,15H,6-7,10,12H2,1H3,(H2,22,29)(H,23,30)(H,24,26,27). The smallest absolute Gasteiger partial charge is 0.267 e. The molecule has 1 aliphatic heterocycles. The van der Waals surface area contributed by atoms with Gasteiger partial charge in [-0.1, -0.05) is 0 Å². The van der Waals surface area contributed by atoms with Gasteiger partial charge in [0.25, 0.3) is 5.91 Å². The zero-order valence-corrected chi connectivity index (χ0v) is 17.0. The van der Waals surface area contributed by atoms with Gasteiger partial charge in [-0.05, 0) is 30.7 Å². The monoisotopic (exact) mass is 421 g/mol. The number of hydrogen-bond donors (Lipinski definition) is 3. The molecule has 1 saturated heterocycles. The van der Waals surface area contributed by atoms with Gasteiger partial charge in [-0.3, -0.25) is 14.3 Å². The Kier molecular flexibility index (Phi) is 5.78. The molecule has 0 bridgehead atoms. The van der Waals surface area contributed by atoms with Crippen LogP contribution in [0.3, 0.4) is 0 Å². The maximum atomic E-state index is 11.8. The molecular weight excluding hydrogens is 398 g/mol. The molecule has 0 radical (unpaired) electrons. The molecule has 1 fully saturated rings. The molecule has 0 spiro atoms. The summed E-state index contributed by atoms with van der Waals surface area (Å²) in [7, 11) is 1.85. The van der Waals surface area contributed by atoms with E-state index in [4.69, 9.17) is 10.5 Å². The summed E-state index contributed by atoms with van der Waals surface area (Å²) in [5.41, 5.74) is 7.22. The summed E-state index contributed by atoms with van der Waals surface area (Å²) in [6, 6.07) is 8.73. The number of benzene rings is 1. The van der Waals surface area contributed by atoms with E-state index in [0.29, 0.717) is 42.7 Å². The predicted octanol–water partition coefficient (Wildman–Crippen LogP) is 1.10. The minimum absolute atomic E-state index is 0.0128. The fourth-order valence-corrected chi connectivity index (χ4v) is 3.27. The normalized spacial score (nSPS) is 15.5. The van der Waals surface area contributed by atoms with Crippen LogP contribution in [0, 0.1) is 5.92 Å². The van der Waals surface area contributed by atoms with E-state index in [1.165, 1.54) is 6.07 Å². The average Bonchev–Trinajstić information content (AvgIpc) is 3.38. The zero-order chi connectivity index (χ0) is 21.8. The van der Waals surface area contributed by atoms with Gasteiger partial charge in [0.1, 0.15) is 23.9 Å². The first-order chi connectivity index (χ1) is 15.0. The van der Waals surface area contributed by atoms with Crippen LogP contribution in [0.5, 0.6) is 5.75 Å². The fraction of sp³-hybridized carbons (Fsp3) is 0.286. The Balaban J connectivity index is 1.48. The Morgan fingerprint density at radius 2 is 2.13 bits per heavy atom. The third kappa shape index (κ3) is 4.97. The zero-order valence-electron chi connectivity index (χ0n) is 17.0. The van der Waals surface area contributed by atoms with Crippen molar-refractivity contribution in [1.29, 1.82) is 0 Å². The molecule has 3 aromatic rings. The van der Waals surface area contributed by atoms with E-state index in [0.717, 1.165) is 12.0 Å². The third-order valence-corrected chi connectivity index (χ3v) is 4.95. The second-order valence-electron chi connectivity index (χ2n) is 7.32. The summed E-state index contributed by atoms with van der Waals surface area (Å²) in [4.78, 5) is 32.3. The molecule has 31 heavy (non-hydrogen) atoms. The minimum Gasteiger partial charge on any atom is -0.489 e. The Hall–Kier alpha value is -3.95. The summed E-state index contributed by atoms with van der Waals surface area (Å²) in [6.45, 7) is 1.49. The van der Waals surface area contributed by atoms with Crippen LogP contribution in [-0.2, 0) is 18.4 Å². The minimum atomic E-state index is -0.651. The molecule has 4 rings (SSSR count). The number of carbonyl (C=O) groups excluding carboxylic acids is 2. The highest BCUT2D eigenvalue weighted by atomic mass is 16.5. The van der Waals surface area contributed by atoms with Gasteiger partial charge in [-0.15, -0.1) is 0 Å². The number of primary amides is 1. The fourth-order valence-electron chi connectivity index (χ4n) is 3.27. The lowest BCUT2D eigenvalue weighted by atomic mass is 10.1. The van der Waals surface area contributed by atoms with E-state index in [9.17, 15) is 9.59 Å². The average molecular weight is 421 g/mol. The van der Waals surface area contributed by atoms with E-state index in [-0.39, 0.29) is 17.5 Å². The second kappa shape index (κ2) is 8.82. The third-order valence-electron chi connectivity index (χ3n) is 4.95. The quantitative estimate of drug-likeness (QED) is 0.495. The Labute approximate surface area is 178 Å². The van der Waals surface area contributed by atoms with Crippen LogP contribution in [0.1, 0.15) is 22.5 Å². The van der Waals surface area contributed by atoms with Crippen LogP contribution in [0.4, 0.5) is 5.82 Å². The lowest BCUT2D eigenvalue weighted by Crippen LogP contribution is -2.25. The van der Waals surface area contributed by atoms with Gasteiger partial charge < -0.3 is 21.1 Å². The molecule has 4 N–H and O–H groups in total. The van der Waals surface area contributed by atoms with Gasteiger partial charge in [0.2, 0.25) is 5.91 Å². The molecule has 10 heteroatoms. The number of anilines is 1. The van der Waals surface area contributed by atoms with Crippen molar-refractivity contribution in [3.8, 4) is 17.1 Å². The van der Waals surface area contributed by atoms with E-state index < -0.39 is 5.91 Å². The molecule has 3 heterocycles. The van der Waals surface area contributed by atoms with Crippen LogP contribution in [-0.4, -0.2) is 44.7 Å². The topological polar surface area (TPSA) is 137 Å². The molecule has 0 saturated carbocycles. The maximum absolute atomic E-state index is 11.8. The van der Waals surface area contributed by atoms with Crippen molar-refractivity contribution in [1.82, 2.24) is 25.1 Å². The number of nitrogens with zero attached hydrogens (tertiary/aromatic N) is 4. The number of hydrogen-bond acceptors (Lipinski definition) is 7. The van der Waals surface area contributed by atoms with Crippen molar-refractivity contribution in [2.45, 2.75) is 13.0 Å². The Morgan fingerprint density at radius 3 is 2.77 bits per heavy atom. The van der Waals surface area contributed by atoms with Crippen LogP contribution < -0.4 is 21.1 Å². The van der Waals surface area contributed by atoms with Crippen molar-refractivity contribution >= 4 is 17.6 Å². The summed E-state index contributed by atoms with van der Waals surface area (Å²) < 4.78 is 7.49. The van der Waals surface area contributed by atoms with Gasteiger partial charge in [-0.2, -0.15) is 5.10 Å². The Bertz CT molecular complexity index is 1090. The molecule has 160 valence electrons. The van der Waals surface area contributed by atoms with Gasteiger partial charge in [0.05, 0.1) is 12.1 Å². The summed E-state index contributed by atoms with van der Waals surface area (Å²) in [5, 5.41) is 10.0.